The Bertz CT molecular complexity index is 285. The molecule has 2 atom stereocenters. The predicted octanol–water partition coefficient (Wildman–Crippen LogP) is 1.91. The molecule has 0 amide bonds. The van der Waals surface area contributed by atoms with Gasteiger partial charge in [-0.15, -0.1) is 0 Å². The van der Waals surface area contributed by atoms with Crippen molar-refractivity contribution in [1.82, 2.24) is 10.2 Å². The van der Waals surface area contributed by atoms with E-state index in [4.69, 9.17) is 0 Å². The van der Waals surface area contributed by atoms with Crippen LogP contribution in [0.3, 0.4) is 0 Å². The smallest absolute Gasteiger partial charge is 0.299 e. The Morgan fingerprint density at radius 1 is 1.12 bits per heavy atom. The molecule has 2 aliphatic heterocycles. The third kappa shape index (κ3) is 1.56. The normalized spacial score (nSPS) is 37.7. The van der Waals surface area contributed by atoms with E-state index in [1.807, 2.05) is 0 Å². The van der Waals surface area contributed by atoms with Crippen LogP contribution in [-0.4, -0.2) is 41.8 Å². The molecular weight excluding hydrogens is 217 g/mol. The molecule has 16 heavy (non-hydrogen) atoms. The van der Waals surface area contributed by atoms with Crippen molar-refractivity contribution in [3.05, 3.63) is 0 Å². The van der Waals surface area contributed by atoms with Gasteiger partial charge in [0.05, 0.1) is 0 Å². The van der Waals surface area contributed by atoms with Crippen LogP contribution in [0.1, 0.15) is 32.1 Å². The highest BCUT2D eigenvalue weighted by Crippen LogP contribution is 2.50. The molecule has 92 valence electrons. The summed E-state index contributed by atoms with van der Waals surface area (Å²) >= 11 is 0. The first kappa shape index (κ1) is 10.8. The summed E-state index contributed by atoms with van der Waals surface area (Å²) in [6.45, 7) is 2.04. The minimum atomic E-state index is -4.07. The molecule has 3 aliphatic rings. The minimum absolute atomic E-state index is 0.0617. The molecule has 1 N–H and O–H groups in total. The quantitative estimate of drug-likeness (QED) is 0.785. The van der Waals surface area contributed by atoms with Gasteiger partial charge in [-0.05, 0) is 38.6 Å². The van der Waals surface area contributed by atoms with E-state index in [9.17, 15) is 13.2 Å². The molecule has 0 aromatic heterocycles. The van der Waals surface area contributed by atoms with E-state index in [0.29, 0.717) is 6.04 Å². The van der Waals surface area contributed by atoms with Crippen LogP contribution < -0.4 is 5.32 Å². The van der Waals surface area contributed by atoms with Crippen molar-refractivity contribution in [2.24, 2.45) is 0 Å². The molecular formula is C11H17F3N2. The maximum absolute atomic E-state index is 12.8. The first-order chi connectivity index (χ1) is 7.52. The topological polar surface area (TPSA) is 15.3 Å². The third-order valence-electron chi connectivity index (χ3n) is 4.36. The Balaban J connectivity index is 1.67. The van der Waals surface area contributed by atoms with Crippen molar-refractivity contribution in [3.8, 4) is 0 Å². The van der Waals surface area contributed by atoms with Crippen molar-refractivity contribution in [2.45, 2.75) is 55.9 Å². The zero-order valence-corrected chi connectivity index (χ0v) is 9.19. The molecule has 1 saturated carbocycles. The number of nitrogens with one attached hydrogen (secondary N) is 1. The number of halogens is 3. The zero-order chi connectivity index (χ0) is 11.4. The second kappa shape index (κ2) is 3.35. The van der Waals surface area contributed by atoms with Gasteiger partial charge in [0.25, 0.3) is 0 Å². The van der Waals surface area contributed by atoms with Gasteiger partial charge in [-0.25, -0.2) is 0 Å². The van der Waals surface area contributed by atoms with Crippen LogP contribution in [0.25, 0.3) is 0 Å². The zero-order valence-electron chi connectivity index (χ0n) is 9.19. The number of hydrogen-bond acceptors (Lipinski definition) is 2. The summed E-state index contributed by atoms with van der Waals surface area (Å²) in [6.07, 6.45) is -0.464. The molecule has 3 fully saturated rings. The highest BCUT2D eigenvalue weighted by molar-refractivity contribution is 5.11. The van der Waals surface area contributed by atoms with Crippen molar-refractivity contribution in [2.75, 3.05) is 13.1 Å². The van der Waals surface area contributed by atoms with Crippen molar-refractivity contribution < 1.29 is 13.2 Å². The number of rotatable bonds is 2. The standard InChI is InChI=1S/C11H17F3N2/c12-11(13,14)10(4-5-10)15-8-3-7-16-6-1-2-9(8)16/h8-9,15H,1-7H2. The van der Waals surface area contributed by atoms with Gasteiger partial charge in [0, 0.05) is 18.6 Å². The summed E-state index contributed by atoms with van der Waals surface area (Å²) in [5, 5.41) is 2.91. The Labute approximate surface area is 93.2 Å². The van der Waals surface area contributed by atoms with Gasteiger partial charge >= 0.3 is 6.18 Å². The molecule has 0 spiro atoms. The van der Waals surface area contributed by atoms with Gasteiger partial charge in [-0.2, -0.15) is 13.2 Å². The van der Waals surface area contributed by atoms with Crippen molar-refractivity contribution in [1.29, 1.82) is 0 Å². The molecule has 2 heterocycles. The average molecular weight is 234 g/mol. The third-order valence-corrected chi connectivity index (χ3v) is 4.36. The highest BCUT2D eigenvalue weighted by Gasteiger charge is 2.64. The van der Waals surface area contributed by atoms with Crippen LogP contribution in [0.15, 0.2) is 0 Å². The Hall–Kier alpha value is -0.290. The van der Waals surface area contributed by atoms with Crippen molar-refractivity contribution in [3.63, 3.8) is 0 Å². The van der Waals surface area contributed by atoms with Crippen LogP contribution in [-0.2, 0) is 0 Å². The number of fused-ring (bicyclic) bond motifs is 1. The van der Waals surface area contributed by atoms with Gasteiger partial charge in [-0.1, -0.05) is 0 Å². The lowest BCUT2D eigenvalue weighted by Crippen LogP contribution is -2.52. The van der Waals surface area contributed by atoms with E-state index >= 15 is 0 Å². The lowest BCUT2D eigenvalue weighted by molar-refractivity contribution is -0.168. The van der Waals surface area contributed by atoms with Crippen LogP contribution in [0, 0.1) is 0 Å². The molecule has 0 aromatic rings. The average Bonchev–Trinajstić information content (AvgIpc) is 2.70. The fourth-order valence-corrected chi connectivity index (χ4v) is 3.24. The van der Waals surface area contributed by atoms with Gasteiger partial charge in [-0.3, -0.25) is 10.2 Å². The van der Waals surface area contributed by atoms with E-state index in [2.05, 4.69) is 10.2 Å². The summed E-state index contributed by atoms with van der Waals surface area (Å²) in [5.74, 6) is 0. The maximum Gasteiger partial charge on any atom is 0.406 e. The minimum Gasteiger partial charge on any atom is -0.299 e. The Kier molecular flexibility index (Phi) is 2.27. The summed E-state index contributed by atoms with van der Waals surface area (Å²) in [4.78, 5) is 2.34. The maximum atomic E-state index is 12.8. The molecule has 3 rings (SSSR count). The van der Waals surface area contributed by atoms with Crippen molar-refractivity contribution >= 4 is 0 Å². The molecule has 0 aromatic carbocycles. The predicted molar refractivity (Wildman–Crippen MR) is 54.2 cm³/mol. The lowest BCUT2D eigenvalue weighted by Gasteiger charge is -2.28. The van der Waals surface area contributed by atoms with E-state index in [1.54, 1.807) is 0 Å². The second-order valence-electron chi connectivity index (χ2n) is 5.36. The van der Waals surface area contributed by atoms with Crippen LogP contribution in [0.4, 0.5) is 13.2 Å². The molecule has 0 radical (unpaired) electrons. The SMILES string of the molecule is FC(F)(F)C1(NC2CCN3CCCC23)CC1. The second-order valence-corrected chi connectivity index (χ2v) is 5.36. The molecule has 0 bridgehead atoms. The fraction of sp³-hybridized carbons (Fsp3) is 1.00. The molecule has 1 aliphatic carbocycles. The van der Waals surface area contributed by atoms with Crippen LogP contribution in [0.2, 0.25) is 0 Å². The number of nitrogens with zero attached hydrogens (tertiary/aromatic N) is 1. The molecule has 2 saturated heterocycles. The fourth-order valence-electron chi connectivity index (χ4n) is 3.24. The summed E-state index contributed by atoms with van der Waals surface area (Å²) in [5.41, 5.74) is -1.53. The van der Waals surface area contributed by atoms with E-state index in [1.165, 1.54) is 0 Å². The first-order valence-electron chi connectivity index (χ1n) is 6.10. The first-order valence-corrected chi connectivity index (χ1v) is 6.10. The monoisotopic (exact) mass is 234 g/mol. The summed E-state index contributed by atoms with van der Waals surface area (Å²) in [7, 11) is 0. The number of hydrogen-bond donors (Lipinski definition) is 1. The van der Waals surface area contributed by atoms with Crippen LogP contribution in [0.5, 0.6) is 0 Å². The van der Waals surface area contributed by atoms with Crippen LogP contribution >= 0.6 is 0 Å². The Morgan fingerprint density at radius 2 is 1.88 bits per heavy atom. The largest absolute Gasteiger partial charge is 0.406 e. The van der Waals surface area contributed by atoms with Gasteiger partial charge in [0.1, 0.15) is 5.54 Å². The summed E-state index contributed by atoms with van der Waals surface area (Å²) in [6, 6.07) is 0.423. The van der Waals surface area contributed by atoms with Gasteiger partial charge in [0.2, 0.25) is 0 Å². The lowest BCUT2D eigenvalue weighted by atomic mass is 10.0. The molecule has 5 heteroatoms. The van der Waals surface area contributed by atoms with Gasteiger partial charge in [0.15, 0.2) is 0 Å². The molecule has 2 unspecified atom stereocenters. The van der Waals surface area contributed by atoms with E-state index in [-0.39, 0.29) is 18.9 Å². The molecule has 2 nitrogen and oxygen atoms in total. The van der Waals surface area contributed by atoms with E-state index in [0.717, 1.165) is 32.4 Å². The van der Waals surface area contributed by atoms with E-state index < -0.39 is 11.7 Å². The Morgan fingerprint density at radius 3 is 2.50 bits per heavy atom. The number of alkyl halides is 3. The highest BCUT2D eigenvalue weighted by atomic mass is 19.4. The summed E-state index contributed by atoms with van der Waals surface area (Å²) < 4.78 is 38.5. The van der Waals surface area contributed by atoms with Gasteiger partial charge < -0.3 is 0 Å².